The summed E-state index contributed by atoms with van der Waals surface area (Å²) in [5.41, 5.74) is 1.33. The van der Waals surface area contributed by atoms with Crippen LogP contribution in [0.5, 0.6) is 0 Å². The third-order valence-corrected chi connectivity index (χ3v) is 7.31. The highest BCUT2D eigenvalue weighted by Crippen LogP contribution is 2.28. The molecule has 0 radical (unpaired) electrons. The van der Waals surface area contributed by atoms with Crippen molar-refractivity contribution in [2.75, 3.05) is 52.5 Å². The summed E-state index contributed by atoms with van der Waals surface area (Å²) in [5.74, 6) is 1.68. The Morgan fingerprint density at radius 1 is 1.07 bits per heavy atom. The van der Waals surface area contributed by atoms with Gasteiger partial charge in [0, 0.05) is 64.1 Å². The summed E-state index contributed by atoms with van der Waals surface area (Å²) < 4.78 is 5.59. The van der Waals surface area contributed by atoms with E-state index < -0.39 is 0 Å². The summed E-state index contributed by atoms with van der Waals surface area (Å²) in [7, 11) is 0. The van der Waals surface area contributed by atoms with Gasteiger partial charge in [-0.15, -0.1) is 0 Å². The molecule has 0 aromatic carbocycles. The molecule has 4 rings (SSSR count). The van der Waals surface area contributed by atoms with Crippen LogP contribution in [-0.2, 0) is 16.1 Å². The fraction of sp³-hybridized carbons (Fsp3) is 0.750. The normalized spacial score (nSPS) is 27.3. The first kappa shape index (κ1) is 21.7. The number of hydrogen-bond acceptors (Lipinski definition) is 5. The summed E-state index contributed by atoms with van der Waals surface area (Å²) in [6.07, 6.45) is 8.96. The Morgan fingerprint density at radius 3 is 2.53 bits per heavy atom. The number of carbonyl (C=O) groups is 1. The molecule has 3 aliphatic heterocycles. The van der Waals surface area contributed by atoms with Gasteiger partial charge in [-0.1, -0.05) is 6.92 Å². The van der Waals surface area contributed by atoms with E-state index in [0.717, 1.165) is 84.2 Å². The van der Waals surface area contributed by atoms with Crippen LogP contribution in [0.1, 0.15) is 44.6 Å². The van der Waals surface area contributed by atoms with Crippen molar-refractivity contribution in [3.8, 4) is 0 Å². The Hall–Kier alpha value is -1.50. The molecule has 6 nitrogen and oxygen atoms in total. The van der Waals surface area contributed by atoms with Gasteiger partial charge in [0.25, 0.3) is 0 Å². The van der Waals surface area contributed by atoms with Gasteiger partial charge in [-0.05, 0) is 61.8 Å². The molecule has 1 amide bonds. The number of ether oxygens (including phenoxy) is 1. The quantitative estimate of drug-likeness (QED) is 0.716. The second-order valence-corrected chi connectivity index (χ2v) is 9.46. The van der Waals surface area contributed by atoms with Crippen LogP contribution >= 0.6 is 0 Å². The Kier molecular flexibility index (Phi) is 7.74. The average molecular weight is 415 g/mol. The van der Waals surface area contributed by atoms with E-state index in [1.54, 1.807) is 0 Å². The highest BCUT2D eigenvalue weighted by Gasteiger charge is 2.34. The number of likely N-dealkylation sites (tertiary alicyclic amines) is 2. The van der Waals surface area contributed by atoms with Crippen molar-refractivity contribution in [1.29, 1.82) is 0 Å². The summed E-state index contributed by atoms with van der Waals surface area (Å²) >= 11 is 0. The number of hydrogen-bond donors (Lipinski definition) is 0. The summed E-state index contributed by atoms with van der Waals surface area (Å²) in [4.78, 5) is 24.3. The SMILES string of the molecule is CC1CCN(C(=O)CC[C@@H]2CN(Cc3ccncc3)CC[C@@H]2N2CCOCC2)CC1. The summed E-state index contributed by atoms with van der Waals surface area (Å²) in [6.45, 7) is 11.1. The average Bonchev–Trinajstić information content (AvgIpc) is 2.79. The first-order valence-corrected chi connectivity index (χ1v) is 11.9. The third-order valence-electron chi connectivity index (χ3n) is 7.31. The van der Waals surface area contributed by atoms with Crippen LogP contribution in [0, 0.1) is 11.8 Å². The topological polar surface area (TPSA) is 48.9 Å². The number of nitrogens with zero attached hydrogens (tertiary/aromatic N) is 4. The molecular formula is C24H38N4O2. The van der Waals surface area contributed by atoms with E-state index in [4.69, 9.17) is 4.74 Å². The van der Waals surface area contributed by atoms with E-state index in [-0.39, 0.29) is 0 Å². The Morgan fingerprint density at radius 2 is 1.80 bits per heavy atom. The lowest BCUT2D eigenvalue weighted by atomic mass is 9.86. The van der Waals surface area contributed by atoms with Gasteiger partial charge in [0.15, 0.2) is 0 Å². The lowest BCUT2D eigenvalue weighted by Gasteiger charge is -2.45. The Bertz CT molecular complexity index is 656. The maximum atomic E-state index is 12.9. The van der Waals surface area contributed by atoms with Crippen molar-refractivity contribution >= 4 is 5.91 Å². The molecule has 3 aliphatic rings. The second kappa shape index (κ2) is 10.7. The van der Waals surface area contributed by atoms with Crippen molar-refractivity contribution in [3.63, 3.8) is 0 Å². The van der Waals surface area contributed by atoms with Crippen LogP contribution in [0.25, 0.3) is 0 Å². The number of aromatic nitrogens is 1. The molecule has 3 saturated heterocycles. The summed E-state index contributed by atoms with van der Waals surface area (Å²) in [6, 6.07) is 4.81. The van der Waals surface area contributed by atoms with Crippen LogP contribution in [0.4, 0.5) is 0 Å². The van der Waals surface area contributed by atoms with E-state index in [0.29, 0.717) is 24.3 Å². The van der Waals surface area contributed by atoms with Gasteiger partial charge in [-0.2, -0.15) is 0 Å². The van der Waals surface area contributed by atoms with Crippen molar-refractivity contribution in [2.45, 2.75) is 51.6 Å². The van der Waals surface area contributed by atoms with Crippen LogP contribution in [0.15, 0.2) is 24.5 Å². The molecule has 3 fully saturated rings. The molecule has 0 unspecified atom stereocenters. The number of pyridine rings is 1. The van der Waals surface area contributed by atoms with Crippen molar-refractivity contribution in [3.05, 3.63) is 30.1 Å². The fourth-order valence-electron chi connectivity index (χ4n) is 5.38. The van der Waals surface area contributed by atoms with Crippen LogP contribution in [0.3, 0.4) is 0 Å². The first-order valence-electron chi connectivity index (χ1n) is 11.9. The molecule has 0 bridgehead atoms. The van der Waals surface area contributed by atoms with E-state index >= 15 is 0 Å². The number of carbonyl (C=O) groups excluding carboxylic acids is 1. The standard InChI is InChI=1S/C24H38N4O2/c1-20-6-12-28(13-7-20)24(29)3-2-22-19-26(18-21-4-9-25-10-5-21)11-8-23(22)27-14-16-30-17-15-27/h4-5,9-10,20,22-23H,2-3,6-8,11-19H2,1H3/t22-,23+/m1/s1. The highest BCUT2D eigenvalue weighted by atomic mass is 16.5. The van der Waals surface area contributed by atoms with Crippen molar-refractivity contribution < 1.29 is 9.53 Å². The zero-order valence-corrected chi connectivity index (χ0v) is 18.5. The molecule has 30 heavy (non-hydrogen) atoms. The smallest absolute Gasteiger partial charge is 0.222 e. The molecule has 166 valence electrons. The molecular weight excluding hydrogens is 376 g/mol. The minimum atomic E-state index is 0.369. The molecule has 0 saturated carbocycles. The van der Waals surface area contributed by atoms with Gasteiger partial charge in [0.05, 0.1) is 13.2 Å². The monoisotopic (exact) mass is 414 g/mol. The lowest BCUT2D eigenvalue weighted by Crippen LogP contribution is -2.54. The number of morpholine rings is 1. The maximum Gasteiger partial charge on any atom is 0.222 e. The predicted octanol–water partition coefficient (Wildman–Crippen LogP) is 2.64. The number of rotatable bonds is 6. The molecule has 1 aromatic heterocycles. The lowest BCUT2D eigenvalue weighted by molar-refractivity contribution is -0.133. The third kappa shape index (κ3) is 5.80. The van der Waals surface area contributed by atoms with Crippen molar-refractivity contribution in [2.24, 2.45) is 11.8 Å². The Labute approximate surface area is 181 Å². The minimum Gasteiger partial charge on any atom is -0.379 e. The second-order valence-electron chi connectivity index (χ2n) is 9.46. The molecule has 6 heteroatoms. The van der Waals surface area contributed by atoms with Crippen LogP contribution < -0.4 is 0 Å². The van der Waals surface area contributed by atoms with E-state index in [1.165, 1.54) is 12.0 Å². The van der Waals surface area contributed by atoms with Gasteiger partial charge in [-0.3, -0.25) is 19.6 Å². The fourth-order valence-corrected chi connectivity index (χ4v) is 5.38. The molecule has 0 spiro atoms. The van der Waals surface area contributed by atoms with Gasteiger partial charge in [0.1, 0.15) is 0 Å². The zero-order valence-electron chi connectivity index (χ0n) is 18.5. The van der Waals surface area contributed by atoms with E-state index in [1.807, 2.05) is 12.4 Å². The predicted molar refractivity (Wildman–Crippen MR) is 118 cm³/mol. The van der Waals surface area contributed by atoms with E-state index in [2.05, 4.69) is 38.7 Å². The molecule has 1 aromatic rings. The minimum absolute atomic E-state index is 0.369. The maximum absolute atomic E-state index is 12.9. The largest absolute Gasteiger partial charge is 0.379 e. The molecule has 0 N–H and O–H groups in total. The van der Waals surface area contributed by atoms with E-state index in [9.17, 15) is 4.79 Å². The number of amides is 1. The molecule has 4 heterocycles. The van der Waals surface area contributed by atoms with Gasteiger partial charge in [-0.25, -0.2) is 0 Å². The Balaban J connectivity index is 1.36. The first-order chi connectivity index (χ1) is 14.7. The van der Waals surface area contributed by atoms with Crippen molar-refractivity contribution in [1.82, 2.24) is 19.7 Å². The van der Waals surface area contributed by atoms with Gasteiger partial charge < -0.3 is 9.64 Å². The van der Waals surface area contributed by atoms with Gasteiger partial charge in [0.2, 0.25) is 5.91 Å². The molecule has 0 aliphatic carbocycles. The molecule has 2 atom stereocenters. The number of piperidine rings is 2. The van der Waals surface area contributed by atoms with Crippen LogP contribution in [-0.4, -0.2) is 84.1 Å². The van der Waals surface area contributed by atoms with Crippen LogP contribution in [0.2, 0.25) is 0 Å². The highest BCUT2D eigenvalue weighted by molar-refractivity contribution is 5.76. The van der Waals surface area contributed by atoms with Gasteiger partial charge >= 0.3 is 0 Å². The summed E-state index contributed by atoms with van der Waals surface area (Å²) in [5, 5.41) is 0. The zero-order chi connectivity index (χ0) is 20.8.